The van der Waals surface area contributed by atoms with E-state index in [1.165, 1.54) is 12.1 Å². The second kappa shape index (κ2) is 4.93. The van der Waals surface area contributed by atoms with Gasteiger partial charge in [0.05, 0.1) is 0 Å². The van der Waals surface area contributed by atoms with Crippen LogP contribution in [0.25, 0.3) is 10.5 Å². The Hall–Kier alpha value is -2.41. The maximum Gasteiger partial charge on any atom is 0.328 e. The number of carboxylic acid groups (broad SMARTS) is 1. The smallest absolute Gasteiger partial charge is 0.328 e. The summed E-state index contributed by atoms with van der Waals surface area (Å²) in [5, 5.41) is 8.66. The number of hydrogen-bond donors (Lipinski definition) is 2. The predicted octanol–water partition coefficient (Wildman–Crippen LogP) is 0.975. The lowest BCUT2D eigenvalue weighted by Crippen LogP contribution is -2.22. The Morgan fingerprint density at radius 1 is 1.25 bits per heavy atom. The van der Waals surface area contributed by atoms with Crippen LogP contribution in [0.5, 0.6) is 0 Å². The molecule has 20 heavy (non-hydrogen) atoms. The molecule has 2 N–H and O–H groups in total. The number of hydrogen-bond acceptors (Lipinski definition) is 4. The van der Waals surface area contributed by atoms with E-state index in [0.29, 0.717) is 16.7 Å². The Labute approximate surface area is 115 Å². The van der Waals surface area contributed by atoms with Gasteiger partial charge in [0.25, 0.3) is 15.9 Å². The Kier molecular flexibility index (Phi) is 3.46. The van der Waals surface area contributed by atoms with Crippen LogP contribution in [0.4, 0.5) is 0 Å². The zero-order valence-corrected chi connectivity index (χ0v) is 11.3. The van der Waals surface area contributed by atoms with Crippen LogP contribution in [0.2, 0.25) is 0 Å². The molecule has 0 bridgehead atoms. The molecule has 0 aliphatic carbocycles. The molecule has 1 heterocycles. The number of aliphatic carboxylic acids is 1. The molecule has 0 fully saturated rings. The summed E-state index contributed by atoms with van der Waals surface area (Å²) in [5.74, 6) is -1.73. The Balaban J connectivity index is 2.37. The Morgan fingerprint density at radius 3 is 2.30 bits per heavy atom. The molecule has 6 nitrogen and oxygen atoms in total. The normalized spacial score (nSPS) is 17.6. The zero-order valence-electron chi connectivity index (χ0n) is 10.5. The minimum absolute atomic E-state index is 0.0890. The largest absolute Gasteiger partial charge is 0.478 e. The second-order valence-electron chi connectivity index (χ2n) is 4.22. The van der Waals surface area contributed by atoms with Gasteiger partial charge in [0.1, 0.15) is 4.91 Å². The van der Waals surface area contributed by atoms with Gasteiger partial charge in [0.2, 0.25) is 0 Å². The molecule has 1 aromatic carbocycles. The molecule has 7 heteroatoms. The third-order valence-corrected chi connectivity index (χ3v) is 4.15. The highest BCUT2D eigenvalue weighted by atomic mass is 32.2. The number of nitrogens with one attached hydrogen (secondary N) is 1. The van der Waals surface area contributed by atoms with Crippen LogP contribution < -0.4 is 4.72 Å². The molecule has 104 valence electrons. The second-order valence-corrected chi connectivity index (χ2v) is 5.87. The molecule has 1 aliphatic rings. The fourth-order valence-corrected chi connectivity index (χ4v) is 2.96. The van der Waals surface area contributed by atoms with Gasteiger partial charge in [-0.05, 0) is 23.6 Å². The van der Waals surface area contributed by atoms with Crippen molar-refractivity contribution in [2.45, 2.75) is 6.92 Å². The van der Waals surface area contributed by atoms with Gasteiger partial charge in [-0.1, -0.05) is 24.3 Å². The van der Waals surface area contributed by atoms with Crippen LogP contribution in [-0.2, 0) is 19.6 Å². The van der Waals surface area contributed by atoms with E-state index in [1.807, 2.05) is 4.72 Å². The van der Waals surface area contributed by atoms with Gasteiger partial charge in [0, 0.05) is 12.2 Å². The van der Waals surface area contributed by atoms with Crippen LogP contribution in [0.15, 0.2) is 36.4 Å². The summed E-state index contributed by atoms with van der Waals surface area (Å²) < 4.78 is 25.2. The van der Waals surface area contributed by atoms with E-state index in [2.05, 4.69) is 0 Å². The highest BCUT2D eigenvalue weighted by Crippen LogP contribution is 2.25. The van der Waals surface area contributed by atoms with E-state index in [4.69, 9.17) is 5.11 Å². The van der Waals surface area contributed by atoms with Crippen molar-refractivity contribution >= 4 is 32.4 Å². The van der Waals surface area contributed by atoms with Crippen molar-refractivity contribution in [1.82, 2.24) is 4.72 Å². The van der Waals surface area contributed by atoms with Crippen molar-refractivity contribution in [2.24, 2.45) is 0 Å². The number of benzene rings is 1. The van der Waals surface area contributed by atoms with Crippen LogP contribution in [0.1, 0.15) is 18.1 Å². The number of rotatable bonds is 3. The number of carboxylic acids is 1. The molecule has 1 aliphatic heterocycles. The summed E-state index contributed by atoms with van der Waals surface area (Å²) >= 11 is 0. The quantitative estimate of drug-likeness (QED) is 0.809. The zero-order chi connectivity index (χ0) is 14.9. The lowest BCUT2D eigenvalue weighted by atomic mass is 10.0. The number of carbonyl (C=O) groups is 2. The lowest BCUT2D eigenvalue weighted by molar-refractivity contribution is -0.131. The summed E-state index contributed by atoms with van der Waals surface area (Å²) in [6, 6.07) is 6.25. The van der Waals surface area contributed by atoms with E-state index < -0.39 is 21.9 Å². The van der Waals surface area contributed by atoms with Crippen molar-refractivity contribution in [3.05, 3.63) is 47.5 Å². The highest BCUT2D eigenvalue weighted by Gasteiger charge is 2.28. The Bertz CT molecular complexity index is 741. The molecule has 0 unspecified atom stereocenters. The Morgan fingerprint density at radius 2 is 1.85 bits per heavy atom. The number of amides is 1. The van der Waals surface area contributed by atoms with Crippen LogP contribution in [-0.4, -0.2) is 25.4 Å². The number of allylic oxidation sites excluding steroid dienone is 1. The SMILES string of the molecule is C/C(=C\C(=O)O)c1ccc(C2=CC(=O)NS2(=O)=O)cc1. The lowest BCUT2D eigenvalue weighted by Gasteiger charge is -2.05. The first kappa shape index (κ1) is 14.0. The van der Waals surface area contributed by atoms with Crippen LogP contribution in [0.3, 0.4) is 0 Å². The number of sulfonamides is 1. The van der Waals surface area contributed by atoms with E-state index in [0.717, 1.165) is 12.2 Å². The summed E-state index contributed by atoms with van der Waals surface area (Å²) in [7, 11) is -3.79. The fourth-order valence-electron chi connectivity index (χ4n) is 1.82. The van der Waals surface area contributed by atoms with Crippen LogP contribution >= 0.6 is 0 Å². The molecule has 0 aromatic heterocycles. The highest BCUT2D eigenvalue weighted by molar-refractivity contribution is 7.99. The van der Waals surface area contributed by atoms with Crippen molar-refractivity contribution < 1.29 is 23.1 Å². The first-order valence-corrected chi connectivity index (χ1v) is 7.08. The topological polar surface area (TPSA) is 101 Å². The molecule has 1 amide bonds. The van der Waals surface area contributed by atoms with E-state index in [1.54, 1.807) is 19.1 Å². The minimum atomic E-state index is -3.79. The fraction of sp³-hybridized carbons (Fsp3) is 0.0769. The van der Waals surface area contributed by atoms with Crippen molar-refractivity contribution in [3.8, 4) is 0 Å². The molecule has 2 rings (SSSR count). The summed E-state index contributed by atoms with van der Waals surface area (Å²) in [6.45, 7) is 1.64. The molecule has 1 aromatic rings. The third kappa shape index (κ3) is 2.77. The first-order chi connectivity index (χ1) is 9.29. The van der Waals surface area contributed by atoms with Crippen molar-refractivity contribution in [1.29, 1.82) is 0 Å². The van der Waals surface area contributed by atoms with Crippen LogP contribution in [0, 0.1) is 0 Å². The summed E-state index contributed by atoms with van der Waals surface area (Å²) in [6.07, 6.45) is 2.08. The summed E-state index contributed by atoms with van der Waals surface area (Å²) in [4.78, 5) is 21.6. The van der Waals surface area contributed by atoms with E-state index in [-0.39, 0.29) is 4.91 Å². The van der Waals surface area contributed by atoms with Gasteiger partial charge in [-0.3, -0.25) is 4.79 Å². The van der Waals surface area contributed by atoms with Gasteiger partial charge < -0.3 is 5.11 Å². The molecular formula is C13H11NO5S. The van der Waals surface area contributed by atoms with Gasteiger partial charge in [-0.2, -0.15) is 0 Å². The first-order valence-electron chi connectivity index (χ1n) is 5.60. The molecular weight excluding hydrogens is 282 g/mol. The van der Waals surface area contributed by atoms with E-state index >= 15 is 0 Å². The summed E-state index contributed by atoms with van der Waals surface area (Å²) in [5.41, 5.74) is 1.57. The molecule has 0 saturated heterocycles. The molecule has 0 radical (unpaired) electrons. The molecule has 0 saturated carbocycles. The van der Waals surface area contributed by atoms with Crippen molar-refractivity contribution in [3.63, 3.8) is 0 Å². The maximum absolute atomic E-state index is 11.6. The van der Waals surface area contributed by atoms with E-state index in [9.17, 15) is 18.0 Å². The predicted molar refractivity (Wildman–Crippen MR) is 72.8 cm³/mol. The third-order valence-electron chi connectivity index (χ3n) is 2.75. The standard InChI is InChI=1S/C13H11NO5S/c1-8(6-13(16)17)9-2-4-10(5-3-9)11-7-12(15)14-20(11,18)19/h2-7H,1H3,(H,14,15)(H,16,17)/b8-6+. The van der Waals surface area contributed by atoms with Gasteiger partial charge in [-0.25, -0.2) is 17.9 Å². The van der Waals surface area contributed by atoms with Gasteiger partial charge in [-0.15, -0.1) is 0 Å². The average molecular weight is 293 g/mol. The molecule has 0 atom stereocenters. The molecule has 0 spiro atoms. The number of carbonyl (C=O) groups excluding carboxylic acids is 1. The van der Waals surface area contributed by atoms with Gasteiger partial charge >= 0.3 is 5.97 Å². The van der Waals surface area contributed by atoms with Gasteiger partial charge in [0.15, 0.2) is 0 Å². The monoisotopic (exact) mass is 293 g/mol. The average Bonchev–Trinajstić information content (AvgIpc) is 2.62. The van der Waals surface area contributed by atoms with Crippen molar-refractivity contribution in [2.75, 3.05) is 0 Å². The maximum atomic E-state index is 11.6. The minimum Gasteiger partial charge on any atom is -0.478 e.